The number of ether oxygens (including phenoxy) is 1. The molecule has 1 aromatic rings. The minimum Gasteiger partial charge on any atom is -0.453 e. The third-order valence-electron chi connectivity index (χ3n) is 3.33. The average molecular weight is 284 g/mol. The van der Waals surface area contributed by atoms with Crippen molar-refractivity contribution in [3.8, 4) is 0 Å². The van der Waals surface area contributed by atoms with Gasteiger partial charge in [0.2, 0.25) is 0 Å². The molecule has 0 unspecified atom stereocenters. The fourth-order valence-electron chi connectivity index (χ4n) is 2.10. The lowest BCUT2D eigenvalue weighted by molar-refractivity contribution is -0.223. The minimum atomic E-state index is -1.72. The van der Waals surface area contributed by atoms with Crippen LogP contribution in [0.3, 0.4) is 0 Å². The van der Waals surface area contributed by atoms with E-state index < -0.39 is 42.6 Å². The summed E-state index contributed by atoms with van der Waals surface area (Å²) in [7, 11) is 0. The Hall–Kier alpha value is -1.51. The molecule has 0 bridgehead atoms. The van der Waals surface area contributed by atoms with Gasteiger partial charge in [-0.15, -0.1) is 0 Å². The Labute approximate surface area is 114 Å². The van der Waals surface area contributed by atoms with Crippen LogP contribution in [0.15, 0.2) is 30.3 Å². The molecule has 1 aliphatic rings. The van der Waals surface area contributed by atoms with Crippen molar-refractivity contribution in [2.75, 3.05) is 0 Å². The molecule has 0 heterocycles. The summed E-state index contributed by atoms with van der Waals surface area (Å²) < 4.78 is 4.92. The van der Waals surface area contributed by atoms with Crippen LogP contribution in [0.4, 0.5) is 0 Å². The molecule has 1 saturated carbocycles. The average Bonchev–Trinajstić information content (AvgIpc) is 2.48. The number of hydrogen-bond donors (Lipinski definition) is 5. The highest BCUT2D eigenvalue weighted by Gasteiger charge is 2.50. The van der Waals surface area contributed by atoms with Crippen molar-refractivity contribution in [1.29, 1.82) is 0 Å². The molecular formula is C13H16O7. The zero-order valence-electron chi connectivity index (χ0n) is 10.4. The number of rotatable bonds is 2. The number of carbonyl (C=O) groups is 1. The van der Waals surface area contributed by atoms with E-state index in [-0.39, 0.29) is 5.56 Å². The molecule has 1 aliphatic carbocycles. The Balaban J connectivity index is 2.13. The molecule has 0 aliphatic heterocycles. The highest BCUT2D eigenvalue weighted by atomic mass is 16.6. The summed E-state index contributed by atoms with van der Waals surface area (Å²) >= 11 is 0. The maximum atomic E-state index is 11.8. The fraction of sp³-hybridized carbons (Fsp3) is 0.462. The quantitative estimate of drug-likeness (QED) is 0.399. The molecule has 0 aromatic heterocycles. The summed E-state index contributed by atoms with van der Waals surface area (Å²) in [6.45, 7) is 0. The molecule has 1 aromatic carbocycles. The number of hydrogen-bond acceptors (Lipinski definition) is 7. The summed E-state index contributed by atoms with van der Waals surface area (Å²) in [4.78, 5) is 11.8. The lowest BCUT2D eigenvalue weighted by atomic mass is 9.85. The van der Waals surface area contributed by atoms with Crippen molar-refractivity contribution in [3.05, 3.63) is 35.9 Å². The monoisotopic (exact) mass is 284 g/mol. The maximum absolute atomic E-state index is 11.8. The van der Waals surface area contributed by atoms with Gasteiger partial charge in [-0.2, -0.15) is 0 Å². The molecule has 0 saturated heterocycles. The highest BCUT2D eigenvalue weighted by Crippen LogP contribution is 2.24. The van der Waals surface area contributed by atoms with Crippen molar-refractivity contribution in [2.45, 2.75) is 36.6 Å². The Morgan fingerprint density at radius 3 is 1.75 bits per heavy atom. The van der Waals surface area contributed by atoms with Gasteiger partial charge < -0.3 is 30.3 Å². The van der Waals surface area contributed by atoms with E-state index in [0.717, 1.165) is 0 Å². The van der Waals surface area contributed by atoms with E-state index in [1.807, 2.05) is 0 Å². The van der Waals surface area contributed by atoms with Crippen molar-refractivity contribution >= 4 is 5.97 Å². The second-order valence-electron chi connectivity index (χ2n) is 4.69. The number of aliphatic hydroxyl groups is 5. The van der Waals surface area contributed by atoms with Gasteiger partial charge in [-0.25, -0.2) is 4.79 Å². The van der Waals surface area contributed by atoms with Crippen LogP contribution in [0.25, 0.3) is 0 Å². The zero-order chi connectivity index (χ0) is 14.9. The van der Waals surface area contributed by atoms with Gasteiger partial charge in [0.1, 0.15) is 30.5 Å². The van der Waals surface area contributed by atoms with Gasteiger partial charge in [0.25, 0.3) is 0 Å². The standard InChI is InChI=1S/C13H16O7/c14-7-8(15)10(17)12(11(18)9(7)16)20-13(19)6-4-2-1-3-5-6/h1-5,7-12,14-18H/t7-,8-,9+,10+,11-,12+. The second-order valence-corrected chi connectivity index (χ2v) is 4.69. The van der Waals surface area contributed by atoms with E-state index in [9.17, 15) is 30.3 Å². The van der Waals surface area contributed by atoms with Gasteiger partial charge in [0.15, 0.2) is 6.10 Å². The second kappa shape index (κ2) is 5.86. The Kier molecular flexibility index (Phi) is 4.36. The van der Waals surface area contributed by atoms with Crippen LogP contribution in [0, 0.1) is 0 Å². The van der Waals surface area contributed by atoms with Crippen LogP contribution < -0.4 is 0 Å². The summed E-state index contributed by atoms with van der Waals surface area (Å²) in [5.74, 6) is -0.815. The molecule has 0 radical (unpaired) electrons. The van der Waals surface area contributed by atoms with Crippen LogP contribution in [0.2, 0.25) is 0 Å². The lowest BCUT2D eigenvalue weighted by Gasteiger charge is -2.41. The van der Waals surface area contributed by atoms with Gasteiger partial charge in [-0.1, -0.05) is 18.2 Å². The minimum absolute atomic E-state index is 0.196. The molecule has 0 spiro atoms. The summed E-state index contributed by atoms with van der Waals surface area (Å²) in [5.41, 5.74) is 0.196. The van der Waals surface area contributed by atoms with E-state index in [4.69, 9.17) is 4.74 Å². The molecule has 2 rings (SSSR count). The van der Waals surface area contributed by atoms with E-state index in [2.05, 4.69) is 0 Å². The van der Waals surface area contributed by atoms with Gasteiger partial charge in [-0.3, -0.25) is 0 Å². The molecule has 5 N–H and O–H groups in total. The first-order valence-electron chi connectivity index (χ1n) is 6.10. The van der Waals surface area contributed by atoms with Crippen molar-refractivity contribution < 1.29 is 35.1 Å². The van der Waals surface area contributed by atoms with Crippen LogP contribution >= 0.6 is 0 Å². The fourth-order valence-corrected chi connectivity index (χ4v) is 2.10. The van der Waals surface area contributed by atoms with E-state index >= 15 is 0 Å². The number of esters is 1. The molecular weight excluding hydrogens is 268 g/mol. The smallest absolute Gasteiger partial charge is 0.338 e. The predicted molar refractivity (Wildman–Crippen MR) is 65.7 cm³/mol. The zero-order valence-corrected chi connectivity index (χ0v) is 10.4. The molecule has 7 heteroatoms. The molecule has 110 valence electrons. The topological polar surface area (TPSA) is 127 Å². The molecule has 6 atom stereocenters. The molecule has 0 amide bonds. The van der Waals surface area contributed by atoms with Crippen molar-refractivity contribution in [2.24, 2.45) is 0 Å². The van der Waals surface area contributed by atoms with E-state index in [0.29, 0.717) is 0 Å². The Bertz CT molecular complexity index is 447. The van der Waals surface area contributed by atoms with Gasteiger partial charge in [-0.05, 0) is 12.1 Å². The van der Waals surface area contributed by atoms with Crippen molar-refractivity contribution in [3.63, 3.8) is 0 Å². The normalized spacial score (nSPS) is 37.5. The summed E-state index contributed by atoms with van der Waals surface area (Å²) in [5, 5.41) is 47.9. The van der Waals surface area contributed by atoms with E-state index in [1.165, 1.54) is 12.1 Å². The number of benzene rings is 1. The maximum Gasteiger partial charge on any atom is 0.338 e. The summed E-state index contributed by atoms with van der Waals surface area (Å²) in [6.07, 6.45) is -10.1. The SMILES string of the molecule is O=C(O[C@@H]1[C@H](O)[C@@H](O)[C@H](O)[C@@H](O)[C@@H]1O)c1ccccc1. The number of carbonyl (C=O) groups excluding carboxylic acids is 1. The van der Waals surface area contributed by atoms with Crippen molar-refractivity contribution in [1.82, 2.24) is 0 Å². The van der Waals surface area contributed by atoms with Gasteiger partial charge in [0.05, 0.1) is 5.56 Å². The lowest BCUT2D eigenvalue weighted by Crippen LogP contribution is -2.64. The first-order chi connectivity index (χ1) is 9.43. The summed E-state index contributed by atoms with van der Waals surface area (Å²) in [6, 6.07) is 7.87. The first-order valence-corrected chi connectivity index (χ1v) is 6.10. The van der Waals surface area contributed by atoms with Gasteiger partial charge >= 0.3 is 5.97 Å². The van der Waals surface area contributed by atoms with Crippen LogP contribution in [0.5, 0.6) is 0 Å². The molecule has 20 heavy (non-hydrogen) atoms. The molecule has 7 nitrogen and oxygen atoms in total. The highest BCUT2D eigenvalue weighted by molar-refractivity contribution is 5.89. The van der Waals surface area contributed by atoms with Crippen LogP contribution in [-0.4, -0.2) is 68.1 Å². The Morgan fingerprint density at radius 1 is 0.800 bits per heavy atom. The third kappa shape index (κ3) is 2.67. The number of aliphatic hydroxyl groups excluding tert-OH is 5. The Morgan fingerprint density at radius 2 is 1.25 bits per heavy atom. The largest absolute Gasteiger partial charge is 0.453 e. The van der Waals surface area contributed by atoms with E-state index in [1.54, 1.807) is 18.2 Å². The van der Waals surface area contributed by atoms with Crippen LogP contribution in [0.1, 0.15) is 10.4 Å². The molecule has 1 fully saturated rings. The predicted octanol–water partition coefficient (Wildman–Crippen LogP) is -1.97. The van der Waals surface area contributed by atoms with Crippen LogP contribution in [-0.2, 0) is 4.74 Å². The van der Waals surface area contributed by atoms with Gasteiger partial charge in [0, 0.05) is 0 Å². The first kappa shape index (κ1) is 14.9. The third-order valence-corrected chi connectivity index (χ3v) is 3.33.